The van der Waals surface area contributed by atoms with Crippen molar-refractivity contribution in [1.82, 2.24) is 4.90 Å². The summed E-state index contributed by atoms with van der Waals surface area (Å²) < 4.78 is 5.42. The zero-order valence-corrected chi connectivity index (χ0v) is 23.4. The fourth-order valence-corrected chi connectivity index (χ4v) is 7.43. The first-order valence-electron chi connectivity index (χ1n) is 13.1. The van der Waals surface area contributed by atoms with Crippen LogP contribution in [0.2, 0.25) is 0 Å². The zero-order valence-electron chi connectivity index (χ0n) is 23.4. The van der Waals surface area contributed by atoms with Gasteiger partial charge < -0.3 is 25.3 Å². The van der Waals surface area contributed by atoms with E-state index in [9.17, 15) is 10.2 Å². The molecule has 0 bridgehead atoms. The predicted octanol–water partition coefficient (Wildman–Crippen LogP) is 5.36. The van der Waals surface area contributed by atoms with Gasteiger partial charge in [-0.2, -0.15) is 0 Å². The quantitative estimate of drug-likeness (QED) is 0.510. The summed E-state index contributed by atoms with van der Waals surface area (Å²) in [6.45, 7) is 16.9. The number of aliphatic hydroxyl groups is 2. The fourth-order valence-electron chi connectivity index (χ4n) is 7.43. The molecular formula is C32H39N3O3. The molecule has 0 fully saturated rings. The highest BCUT2D eigenvalue weighted by atomic mass is 16.3. The Morgan fingerprint density at radius 2 is 1.87 bits per heavy atom. The first-order chi connectivity index (χ1) is 17.8. The minimum absolute atomic E-state index is 0.128. The highest BCUT2D eigenvalue weighted by Gasteiger charge is 2.57. The number of fused-ring (bicyclic) bond motifs is 3. The molecule has 0 spiro atoms. The molecule has 0 unspecified atom stereocenters. The molecule has 4 N–H and O–H groups in total. The molecule has 38 heavy (non-hydrogen) atoms. The van der Waals surface area contributed by atoms with Gasteiger partial charge in [0.15, 0.2) is 0 Å². The van der Waals surface area contributed by atoms with Crippen LogP contribution in [0.15, 0.2) is 82.6 Å². The minimum Gasteiger partial charge on any atom is -0.510 e. The van der Waals surface area contributed by atoms with Gasteiger partial charge in [0.25, 0.3) is 0 Å². The van der Waals surface area contributed by atoms with E-state index in [2.05, 4.69) is 51.7 Å². The van der Waals surface area contributed by atoms with Crippen LogP contribution in [-0.2, 0) is 6.42 Å². The van der Waals surface area contributed by atoms with Gasteiger partial charge in [0.2, 0.25) is 0 Å². The molecule has 2 aromatic rings. The van der Waals surface area contributed by atoms with Gasteiger partial charge in [-0.15, -0.1) is 0 Å². The van der Waals surface area contributed by atoms with Crippen LogP contribution >= 0.6 is 0 Å². The third-order valence-electron chi connectivity index (χ3n) is 9.08. The molecule has 0 saturated heterocycles. The Morgan fingerprint density at radius 1 is 1.18 bits per heavy atom. The third kappa shape index (κ3) is 3.40. The van der Waals surface area contributed by atoms with Crippen molar-refractivity contribution >= 4 is 11.3 Å². The summed E-state index contributed by atoms with van der Waals surface area (Å²) in [5, 5.41) is 23.9. The van der Waals surface area contributed by atoms with E-state index in [-0.39, 0.29) is 23.3 Å². The predicted molar refractivity (Wildman–Crippen MR) is 155 cm³/mol. The molecule has 4 atom stereocenters. The maximum Gasteiger partial charge on any atom is 0.119 e. The summed E-state index contributed by atoms with van der Waals surface area (Å²) in [7, 11) is 7.97. The van der Waals surface area contributed by atoms with E-state index in [4.69, 9.17) is 10.2 Å². The Hall–Kier alpha value is -3.48. The van der Waals surface area contributed by atoms with E-state index in [1.165, 1.54) is 5.56 Å². The molecule has 1 aromatic heterocycles. The number of furan rings is 1. The molecule has 200 valence electrons. The van der Waals surface area contributed by atoms with E-state index in [0.29, 0.717) is 17.6 Å². The monoisotopic (exact) mass is 513 g/mol. The second-order valence-corrected chi connectivity index (χ2v) is 11.5. The maximum absolute atomic E-state index is 12.5. The van der Waals surface area contributed by atoms with Crippen molar-refractivity contribution in [3.8, 4) is 11.1 Å². The number of aliphatic hydroxyl groups excluding tert-OH is 1. The van der Waals surface area contributed by atoms with E-state index >= 15 is 0 Å². The largest absolute Gasteiger partial charge is 0.510 e. The Morgan fingerprint density at radius 3 is 2.42 bits per heavy atom. The Labute approximate surface area is 225 Å². The summed E-state index contributed by atoms with van der Waals surface area (Å²) >= 11 is 0. The van der Waals surface area contributed by atoms with Gasteiger partial charge in [-0.25, -0.2) is 0 Å². The lowest BCUT2D eigenvalue weighted by atomic mass is 9.55. The SMILES string of the molecule is C=C(N)C1=C(O)[C@@H](N(C)C)[C@@H]2C[C@@H]3Cc4c(N(C)C)cc(-c5ccoc5)c(C)c4C(=C)C3=C(C)[C@]2(O)C1=C. The lowest BCUT2D eigenvalue weighted by Crippen LogP contribution is -2.58. The summed E-state index contributed by atoms with van der Waals surface area (Å²) in [4.78, 5) is 4.12. The van der Waals surface area contributed by atoms with E-state index < -0.39 is 11.6 Å². The second-order valence-electron chi connectivity index (χ2n) is 11.5. The van der Waals surface area contributed by atoms with Gasteiger partial charge >= 0.3 is 0 Å². The molecule has 0 radical (unpaired) electrons. The number of rotatable bonds is 4. The van der Waals surface area contributed by atoms with Crippen molar-refractivity contribution in [3.63, 3.8) is 0 Å². The van der Waals surface area contributed by atoms with Crippen LogP contribution in [0.3, 0.4) is 0 Å². The summed E-state index contributed by atoms with van der Waals surface area (Å²) in [6, 6.07) is 3.80. The van der Waals surface area contributed by atoms with Crippen LogP contribution < -0.4 is 10.6 Å². The molecule has 0 saturated carbocycles. The topological polar surface area (TPSA) is 86.1 Å². The average Bonchev–Trinajstić information content (AvgIpc) is 3.35. The Balaban J connectivity index is 1.76. The number of likely N-dealkylation sites (N-methyl/N-ethyl adjacent to an activating group) is 1. The zero-order chi connectivity index (χ0) is 27.8. The van der Waals surface area contributed by atoms with E-state index in [1.54, 1.807) is 12.5 Å². The number of nitrogens with two attached hydrogens (primary N) is 1. The second kappa shape index (κ2) is 8.79. The molecule has 3 aliphatic rings. The Bertz CT molecular complexity index is 1440. The molecule has 1 heterocycles. The number of allylic oxidation sites excluding steroid dienone is 3. The van der Waals surface area contributed by atoms with Crippen LogP contribution in [0.4, 0.5) is 5.69 Å². The lowest BCUT2D eigenvalue weighted by molar-refractivity contribution is -0.0178. The highest BCUT2D eigenvalue weighted by Crippen LogP contribution is 2.58. The third-order valence-corrected chi connectivity index (χ3v) is 9.08. The molecule has 3 aliphatic carbocycles. The van der Waals surface area contributed by atoms with Gasteiger partial charge in [0.1, 0.15) is 11.4 Å². The van der Waals surface area contributed by atoms with Gasteiger partial charge in [0.05, 0.1) is 18.6 Å². The van der Waals surface area contributed by atoms with Gasteiger partial charge in [-0.05, 0) is 103 Å². The van der Waals surface area contributed by atoms with Crippen molar-refractivity contribution in [3.05, 3.63) is 94.8 Å². The number of hydrogen-bond donors (Lipinski definition) is 3. The molecule has 6 heteroatoms. The van der Waals surface area contributed by atoms with Gasteiger partial charge in [0, 0.05) is 42.5 Å². The summed E-state index contributed by atoms with van der Waals surface area (Å²) in [6.07, 6.45) is 4.96. The first-order valence-corrected chi connectivity index (χ1v) is 13.1. The van der Waals surface area contributed by atoms with Crippen LogP contribution in [0.25, 0.3) is 16.7 Å². The fraction of sp³-hybridized carbons (Fsp3) is 0.375. The lowest BCUT2D eigenvalue weighted by Gasteiger charge is -2.54. The number of anilines is 1. The summed E-state index contributed by atoms with van der Waals surface area (Å²) in [5.74, 6) is -0.0304. The van der Waals surface area contributed by atoms with Crippen molar-refractivity contribution in [2.45, 2.75) is 38.3 Å². The first kappa shape index (κ1) is 26.1. The van der Waals surface area contributed by atoms with Crippen LogP contribution in [-0.4, -0.2) is 54.9 Å². The average molecular weight is 514 g/mol. The molecule has 0 amide bonds. The summed E-state index contributed by atoms with van der Waals surface area (Å²) in [5.41, 5.74) is 15.4. The smallest absolute Gasteiger partial charge is 0.119 e. The van der Waals surface area contributed by atoms with Gasteiger partial charge in [-0.3, -0.25) is 4.90 Å². The van der Waals surface area contributed by atoms with Crippen molar-refractivity contribution in [2.24, 2.45) is 17.6 Å². The van der Waals surface area contributed by atoms with Crippen molar-refractivity contribution in [1.29, 1.82) is 0 Å². The van der Waals surface area contributed by atoms with Gasteiger partial charge in [-0.1, -0.05) is 19.7 Å². The molecule has 6 nitrogen and oxygen atoms in total. The number of nitrogens with zero attached hydrogens (tertiary/aromatic N) is 2. The van der Waals surface area contributed by atoms with E-state index in [1.807, 2.05) is 32.0 Å². The van der Waals surface area contributed by atoms with E-state index in [0.717, 1.165) is 51.1 Å². The minimum atomic E-state index is -1.38. The standard InChI is InChI=1S/C32H39N3O3/c1-16-23(21-10-11-38-15-21)14-26(34(6)7)24-12-22-13-25-30(35(8)9)31(36)29(20(5)33)19(4)32(25,37)18(3)28(22)17(2)27(16)24/h10-11,14-15,22,25,30,36-37H,2,4-5,12-13,33H2,1,3,6-9H3/t22-,25-,30-,32-/m0/s1. The number of benzene rings is 1. The van der Waals surface area contributed by atoms with Crippen molar-refractivity contribution in [2.75, 3.05) is 33.1 Å². The molecule has 5 rings (SSSR count). The molecule has 1 aromatic carbocycles. The van der Waals surface area contributed by atoms with Crippen LogP contribution in [0, 0.1) is 18.8 Å². The molecule has 0 aliphatic heterocycles. The Kier molecular flexibility index (Phi) is 6.04. The highest BCUT2D eigenvalue weighted by molar-refractivity contribution is 5.92. The van der Waals surface area contributed by atoms with Crippen molar-refractivity contribution < 1.29 is 14.6 Å². The maximum atomic E-state index is 12.5. The molecular weight excluding hydrogens is 474 g/mol. The van der Waals surface area contributed by atoms with Crippen LogP contribution in [0.5, 0.6) is 0 Å². The van der Waals surface area contributed by atoms with Crippen LogP contribution in [0.1, 0.15) is 30.0 Å². The normalized spacial score (nSPS) is 26.9. The number of hydrogen-bond acceptors (Lipinski definition) is 6.